The second-order valence-corrected chi connectivity index (χ2v) is 5.64. The van der Waals surface area contributed by atoms with Gasteiger partial charge in [0.15, 0.2) is 0 Å². The van der Waals surface area contributed by atoms with Crippen LogP contribution in [0.1, 0.15) is 16.7 Å². The largest absolute Gasteiger partial charge is 0.343 e. The van der Waals surface area contributed by atoms with Crippen LogP contribution in [-0.2, 0) is 13.0 Å². The average molecular weight is 278 g/mol. The number of aromatic nitrogens is 1. The van der Waals surface area contributed by atoms with Gasteiger partial charge >= 0.3 is 0 Å². The van der Waals surface area contributed by atoms with Gasteiger partial charge in [0.2, 0.25) is 0 Å². The maximum Gasteiger partial charge on any atom is 0.0486 e. The van der Waals surface area contributed by atoms with Crippen LogP contribution in [0.2, 0.25) is 0 Å². The minimum absolute atomic E-state index is 0.931. The zero-order valence-electron chi connectivity index (χ0n) is 12.8. The molecule has 0 atom stereocenters. The van der Waals surface area contributed by atoms with E-state index in [1.165, 1.54) is 27.6 Å². The third kappa shape index (κ3) is 3.01. The highest BCUT2D eigenvalue weighted by Gasteiger charge is 2.08. The van der Waals surface area contributed by atoms with Crippen molar-refractivity contribution in [2.24, 2.45) is 0 Å². The first-order valence-corrected chi connectivity index (χ1v) is 7.55. The van der Waals surface area contributed by atoms with Gasteiger partial charge in [-0.2, -0.15) is 0 Å². The molecule has 108 valence electrons. The summed E-state index contributed by atoms with van der Waals surface area (Å²) in [6.45, 7) is 4.07. The van der Waals surface area contributed by atoms with Crippen molar-refractivity contribution in [1.82, 2.24) is 9.88 Å². The summed E-state index contributed by atoms with van der Waals surface area (Å²) in [6, 6.07) is 17.5. The van der Waals surface area contributed by atoms with Crippen molar-refractivity contribution < 1.29 is 0 Å². The second-order valence-electron chi connectivity index (χ2n) is 5.64. The molecule has 0 unspecified atom stereocenters. The van der Waals surface area contributed by atoms with Gasteiger partial charge in [-0.1, -0.05) is 48.0 Å². The van der Waals surface area contributed by atoms with Gasteiger partial charge < -0.3 is 9.88 Å². The minimum Gasteiger partial charge on any atom is -0.343 e. The Bertz CT molecular complexity index is 723. The van der Waals surface area contributed by atoms with Crippen molar-refractivity contribution >= 4 is 10.9 Å². The van der Waals surface area contributed by atoms with Gasteiger partial charge in [0.1, 0.15) is 0 Å². The fraction of sp³-hybridized carbons (Fsp3) is 0.263. The molecule has 3 rings (SSSR count). The van der Waals surface area contributed by atoms with E-state index in [-0.39, 0.29) is 0 Å². The summed E-state index contributed by atoms with van der Waals surface area (Å²) < 4.78 is 2.37. The predicted molar refractivity (Wildman–Crippen MR) is 89.8 cm³/mol. The fourth-order valence-electron chi connectivity index (χ4n) is 2.80. The molecule has 0 radical (unpaired) electrons. The molecule has 1 heterocycles. The number of nitrogens with one attached hydrogen (secondary N) is 1. The van der Waals surface area contributed by atoms with Gasteiger partial charge in [-0.05, 0) is 44.1 Å². The SMILES string of the molecule is CNCCc1cn(Cc2ccc(C)cc2)c2ccccc12. The molecule has 0 amide bonds. The molecule has 0 saturated heterocycles. The van der Waals surface area contributed by atoms with Gasteiger partial charge in [0, 0.05) is 23.6 Å². The molecule has 3 aromatic rings. The van der Waals surface area contributed by atoms with E-state index in [1.54, 1.807) is 0 Å². The molecule has 0 spiro atoms. The highest BCUT2D eigenvalue weighted by molar-refractivity contribution is 5.84. The smallest absolute Gasteiger partial charge is 0.0486 e. The van der Waals surface area contributed by atoms with Crippen LogP contribution in [-0.4, -0.2) is 18.2 Å². The Balaban J connectivity index is 1.96. The summed E-state index contributed by atoms with van der Waals surface area (Å²) in [6.07, 6.45) is 3.37. The first-order valence-electron chi connectivity index (χ1n) is 7.55. The van der Waals surface area contributed by atoms with Crippen molar-refractivity contribution in [3.63, 3.8) is 0 Å². The highest BCUT2D eigenvalue weighted by atomic mass is 15.0. The van der Waals surface area contributed by atoms with E-state index in [1.807, 2.05) is 7.05 Å². The Morgan fingerprint density at radius 3 is 2.52 bits per heavy atom. The van der Waals surface area contributed by atoms with Crippen LogP contribution in [0.3, 0.4) is 0 Å². The standard InChI is InChI=1S/C19H22N2/c1-15-7-9-16(10-8-15)13-21-14-17(11-12-20-2)18-5-3-4-6-19(18)21/h3-10,14,20H,11-13H2,1-2H3. The number of hydrogen-bond donors (Lipinski definition) is 1. The van der Waals surface area contributed by atoms with E-state index >= 15 is 0 Å². The number of hydrogen-bond acceptors (Lipinski definition) is 1. The maximum absolute atomic E-state index is 3.24. The van der Waals surface area contributed by atoms with Gasteiger partial charge in [0.25, 0.3) is 0 Å². The third-order valence-corrected chi connectivity index (χ3v) is 3.99. The second kappa shape index (κ2) is 6.15. The number of rotatable bonds is 5. The molecule has 21 heavy (non-hydrogen) atoms. The van der Waals surface area contributed by atoms with Crippen molar-refractivity contribution in [1.29, 1.82) is 0 Å². The molecular formula is C19H22N2. The zero-order chi connectivity index (χ0) is 14.7. The van der Waals surface area contributed by atoms with Crippen LogP contribution in [0, 0.1) is 6.92 Å². The topological polar surface area (TPSA) is 17.0 Å². The van der Waals surface area contributed by atoms with E-state index in [0.29, 0.717) is 0 Å². The molecule has 0 fully saturated rings. The minimum atomic E-state index is 0.931. The lowest BCUT2D eigenvalue weighted by Crippen LogP contribution is -2.10. The lowest BCUT2D eigenvalue weighted by Gasteiger charge is -2.06. The summed E-state index contributed by atoms with van der Waals surface area (Å²) in [5.74, 6) is 0. The molecule has 1 N–H and O–H groups in total. The molecule has 2 nitrogen and oxygen atoms in total. The normalized spacial score (nSPS) is 11.1. The number of fused-ring (bicyclic) bond motifs is 1. The average Bonchev–Trinajstić information content (AvgIpc) is 2.86. The van der Waals surface area contributed by atoms with Crippen molar-refractivity contribution in [3.05, 3.63) is 71.4 Å². The maximum atomic E-state index is 3.24. The Hall–Kier alpha value is -2.06. The van der Waals surface area contributed by atoms with Crippen molar-refractivity contribution in [3.8, 4) is 0 Å². The molecule has 0 bridgehead atoms. The van der Waals surface area contributed by atoms with Crippen molar-refractivity contribution in [2.45, 2.75) is 19.9 Å². The summed E-state index contributed by atoms with van der Waals surface area (Å²) >= 11 is 0. The summed E-state index contributed by atoms with van der Waals surface area (Å²) in [5, 5.41) is 4.61. The number of aryl methyl sites for hydroxylation is 1. The van der Waals surface area contributed by atoms with Gasteiger partial charge in [0.05, 0.1) is 0 Å². The molecule has 1 aromatic heterocycles. The third-order valence-electron chi connectivity index (χ3n) is 3.99. The summed E-state index contributed by atoms with van der Waals surface area (Å²) in [4.78, 5) is 0. The quantitative estimate of drug-likeness (QED) is 0.752. The predicted octanol–water partition coefficient (Wildman–Crippen LogP) is 3.76. The molecule has 2 aromatic carbocycles. The molecule has 0 aliphatic rings. The van der Waals surface area contributed by atoms with Crippen LogP contribution in [0.5, 0.6) is 0 Å². The van der Waals surface area contributed by atoms with Crippen LogP contribution in [0.25, 0.3) is 10.9 Å². The molecule has 0 aliphatic heterocycles. The number of nitrogens with zero attached hydrogens (tertiary/aromatic N) is 1. The van der Waals surface area contributed by atoms with Gasteiger partial charge in [-0.3, -0.25) is 0 Å². The molecule has 2 heteroatoms. The first kappa shape index (κ1) is 13.9. The molecule has 0 saturated carbocycles. The van der Waals surface area contributed by atoms with Crippen LogP contribution in [0.15, 0.2) is 54.7 Å². The van der Waals surface area contributed by atoms with Crippen LogP contribution in [0.4, 0.5) is 0 Å². The van der Waals surface area contributed by atoms with Gasteiger partial charge in [-0.25, -0.2) is 0 Å². The summed E-state index contributed by atoms with van der Waals surface area (Å²) in [5.41, 5.74) is 5.41. The Morgan fingerprint density at radius 2 is 1.76 bits per heavy atom. The Morgan fingerprint density at radius 1 is 1.00 bits per heavy atom. The lowest BCUT2D eigenvalue weighted by molar-refractivity contribution is 0.783. The molecular weight excluding hydrogens is 256 g/mol. The zero-order valence-corrected chi connectivity index (χ0v) is 12.8. The number of likely N-dealkylation sites (N-methyl/N-ethyl adjacent to an activating group) is 1. The van der Waals surface area contributed by atoms with E-state index in [2.05, 4.69) is 71.5 Å². The number of benzene rings is 2. The van der Waals surface area contributed by atoms with E-state index in [0.717, 1.165) is 19.5 Å². The van der Waals surface area contributed by atoms with E-state index in [4.69, 9.17) is 0 Å². The number of para-hydroxylation sites is 1. The summed E-state index contributed by atoms with van der Waals surface area (Å²) in [7, 11) is 2.01. The fourth-order valence-corrected chi connectivity index (χ4v) is 2.80. The van der Waals surface area contributed by atoms with E-state index < -0.39 is 0 Å². The monoisotopic (exact) mass is 278 g/mol. The molecule has 0 aliphatic carbocycles. The van der Waals surface area contributed by atoms with E-state index in [9.17, 15) is 0 Å². The van der Waals surface area contributed by atoms with Gasteiger partial charge in [-0.15, -0.1) is 0 Å². The highest BCUT2D eigenvalue weighted by Crippen LogP contribution is 2.22. The lowest BCUT2D eigenvalue weighted by atomic mass is 10.1. The first-order chi connectivity index (χ1) is 10.3. The Labute approximate surface area is 126 Å². The van der Waals surface area contributed by atoms with Crippen LogP contribution >= 0.6 is 0 Å². The van der Waals surface area contributed by atoms with Crippen molar-refractivity contribution in [2.75, 3.05) is 13.6 Å². The Kier molecular flexibility index (Phi) is 4.07. The van der Waals surface area contributed by atoms with Crippen LogP contribution < -0.4 is 5.32 Å².